The summed E-state index contributed by atoms with van der Waals surface area (Å²) in [6.07, 6.45) is 2.19. The van der Waals surface area contributed by atoms with Gasteiger partial charge in [-0.1, -0.05) is 18.2 Å². The van der Waals surface area contributed by atoms with Crippen molar-refractivity contribution in [3.63, 3.8) is 0 Å². The van der Waals surface area contributed by atoms with Gasteiger partial charge in [-0.25, -0.2) is 0 Å². The number of rotatable bonds is 4. The quantitative estimate of drug-likeness (QED) is 0.877. The Bertz CT molecular complexity index is 566. The van der Waals surface area contributed by atoms with Crippen LogP contribution in [0.2, 0.25) is 0 Å². The van der Waals surface area contributed by atoms with Crippen molar-refractivity contribution in [2.75, 3.05) is 6.61 Å². The number of hydrogen-bond acceptors (Lipinski definition) is 3. The first-order chi connectivity index (χ1) is 8.63. The molecule has 0 aliphatic carbocycles. The fourth-order valence-corrected chi connectivity index (χ4v) is 2.18. The Morgan fingerprint density at radius 3 is 2.79 bits per heavy atom. The molecule has 0 unspecified atom stereocenters. The van der Waals surface area contributed by atoms with Crippen LogP contribution in [0.25, 0.3) is 10.9 Å². The van der Waals surface area contributed by atoms with Gasteiger partial charge in [0, 0.05) is 30.2 Å². The molecular weight excluding hydrogens is 264 g/mol. The molecule has 1 heterocycles. The molecule has 0 fully saturated rings. The van der Waals surface area contributed by atoms with E-state index in [-0.39, 0.29) is 30.8 Å². The van der Waals surface area contributed by atoms with Crippen LogP contribution in [0.1, 0.15) is 24.9 Å². The van der Waals surface area contributed by atoms with E-state index in [1.54, 1.807) is 6.92 Å². The van der Waals surface area contributed by atoms with Crippen LogP contribution < -0.4 is 5.73 Å². The molecule has 104 valence electrons. The smallest absolute Gasteiger partial charge is 0.307 e. The van der Waals surface area contributed by atoms with Crippen molar-refractivity contribution in [2.24, 2.45) is 12.8 Å². The van der Waals surface area contributed by atoms with Gasteiger partial charge in [0.05, 0.1) is 13.0 Å². The molecule has 1 aromatic heterocycles. The van der Waals surface area contributed by atoms with Gasteiger partial charge in [0.2, 0.25) is 0 Å². The second kappa shape index (κ2) is 6.59. The molecule has 0 saturated carbocycles. The van der Waals surface area contributed by atoms with Crippen LogP contribution in [0, 0.1) is 0 Å². The fraction of sp³-hybridized carbons (Fsp3) is 0.357. The van der Waals surface area contributed by atoms with Gasteiger partial charge in [-0.15, -0.1) is 12.4 Å². The number of nitrogens with zero attached hydrogens (tertiary/aromatic N) is 1. The van der Waals surface area contributed by atoms with Crippen LogP contribution in [0.3, 0.4) is 0 Å². The summed E-state index contributed by atoms with van der Waals surface area (Å²) in [5.41, 5.74) is 8.20. The van der Waals surface area contributed by atoms with Crippen molar-refractivity contribution >= 4 is 29.3 Å². The molecule has 0 saturated heterocycles. The van der Waals surface area contributed by atoms with E-state index in [2.05, 4.69) is 0 Å². The molecule has 2 rings (SSSR count). The lowest BCUT2D eigenvalue weighted by Gasteiger charge is -2.09. The summed E-state index contributed by atoms with van der Waals surface area (Å²) in [6, 6.07) is 7.70. The van der Waals surface area contributed by atoms with Gasteiger partial charge in [0.15, 0.2) is 0 Å². The number of carbonyl (C=O) groups is 1. The number of esters is 1. The topological polar surface area (TPSA) is 57.2 Å². The number of aryl methyl sites for hydroxylation is 1. The second-order valence-corrected chi connectivity index (χ2v) is 4.33. The molecule has 0 aliphatic rings. The Kier molecular flexibility index (Phi) is 5.39. The maximum Gasteiger partial charge on any atom is 0.307 e. The zero-order valence-electron chi connectivity index (χ0n) is 11.1. The van der Waals surface area contributed by atoms with Crippen LogP contribution in [0.15, 0.2) is 30.5 Å². The molecule has 0 aliphatic heterocycles. The van der Waals surface area contributed by atoms with Gasteiger partial charge in [-0.05, 0) is 18.6 Å². The first-order valence-electron chi connectivity index (χ1n) is 6.08. The van der Waals surface area contributed by atoms with Gasteiger partial charge in [0.25, 0.3) is 0 Å². The second-order valence-electron chi connectivity index (χ2n) is 4.33. The van der Waals surface area contributed by atoms with E-state index in [0.717, 1.165) is 16.5 Å². The number of carbonyl (C=O) groups excluding carboxylic acids is 1. The third kappa shape index (κ3) is 3.28. The number of ether oxygens (including phenoxy) is 1. The highest BCUT2D eigenvalue weighted by Gasteiger charge is 2.16. The van der Waals surface area contributed by atoms with Gasteiger partial charge in [-0.2, -0.15) is 0 Å². The minimum atomic E-state index is -0.324. The summed E-state index contributed by atoms with van der Waals surface area (Å²) in [5, 5.41) is 1.09. The number of halogens is 1. The maximum absolute atomic E-state index is 11.5. The van der Waals surface area contributed by atoms with E-state index in [1.807, 2.05) is 42.1 Å². The minimum Gasteiger partial charge on any atom is -0.466 e. The third-order valence-corrected chi connectivity index (χ3v) is 3.02. The molecule has 0 spiro atoms. The zero-order valence-corrected chi connectivity index (χ0v) is 11.9. The van der Waals surface area contributed by atoms with E-state index in [1.165, 1.54) is 0 Å². The van der Waals surface area contributed by atoms with Crippen LogP contribution in [0.5, 0.6) is 0 Å². The standard InChI is InChI=1S/C14H18N2O2.ClH/c1-3-18-14(17)8-12(15)11-9-16(2)13-7-5-4-6-10(11)13;/h4-7,9,12H,3,8,15H2,1-2H3;1H/t12-;/m1./s1. The molecule has 2 N–H and O–H groups in total. The Balaban J connectivity index is 0.00000180. The summed E-state index contributed by atoms with van der Waals surface area (Å²) in [4.78, 5) is 11.5. The van der Waals surface area contributed by atoms with Crippen molar-refractivity contribution in [3.8, 4) is 0 Å². The highest BCUT2D eigenvalue weighted by atomic mass is 35.5. The minimum absolute atomic E-state index is 0. The summed E-state index contributed by atoms with van der Waals surface area (Å²) >= 11 is 0. The fourth-order valence-electron chi connectivity index (χ4n) is 2.18. The van der Waals surface area contributed by atoms with Crippen molar-refractivity contribution in [3.05, 3.63) is 36.0 Å². The van der Waals surface area contributed by atoms with Gasteiger partial charge >= 0.3 is 5.97 Å². The lowest BCUT2D eigenvalue weighted by Crippen LogP contribution is -2.17. The summed E-state index contributed by atoms with van der Waals surface area (Å²) in [5.74, 6) is -0.252. The molecule has 0 bridgehead atoms. The Morgan fingerprint density at radius 2 is 2.11 bits per heavy atom. The van der Waals surface area contributed by atoms with Crippen molar-refractivity contribution in [2.45, 2.75) is 19.4 Å². The highest BCUT2D eigenvalue weighted by molar-refractivity contribution is 5.85. The lowest BCUT2D eigenvalue weighted by atomic mass is 10.0. The Hall–Kier alpha value is -1.52. The summed E-state index contributed by atoms with van der Waals surface area (Å²) in [7, 11) is 1.98. The number of para-hydroxylation sites is 1. The van der Waals surface area contributed by atoms with Gasteiger partial charge in [-0.3, -0.25) is 4.79 Å². The van der Waals surface area contributed by atoms with Gasteiger partial charge in [0.1, 0.15) is 0 Å². The molecule has 0 radical (unpaired) electrons. The molecule has 1 aromatic carbocycles. The van der Waals surface area contributed by atoms with E-state index >= 15 is 0 Å². The van der Waals surface area contributed by atoms with Crippen LogP contribution in [0.4, 0.5) is 0 Å². The average molecular weight is 283 g/mol. The van der Waals surface area contributed by atoms with Gasteiger partial charge < -0.3 is 15.0 Å². The highest BCUT2D eigenvalue weighted by Crippen LogP contribution is 2.26. The number of aromatic nitrogens is 1. The predicted octanol–water partition coefficient (Wildman–Crippen LogP) is 2.55. The Morgan fingerprint density at radius 1 is 1.42 bits per heavy atom. The average Bonchev–Trinajstić information content (AvgIpc) is 2.68. The SMILES string of the molecule is CCOC(=O)C[C@@H](N)c1cn(C)c2ccccc12.Cl. The molecule has 19 heavy (non-hydrogen) atoms. The van der Waals surface area contributed by atoms with E-state index in [9.17, 15) is 4.79 Å². The first kappa shape index (κ1) is 15.5. The maximum atomic E-state index is 11.5. The number of fused-ring (bicyclic) bond motifs is 1. The molecule has 5 heteroatoms. The van der Waals surface area contributed by atoms with Crippen LogP contribution in [-0.2, 0) is 16.6 Å². The normalized spacial score (nSPS) is 11.9. The lowest BCUT2D eigenvalue weighted by molar-refractivity contribution is -0.143. The monoisotopic (exact) mass is 282 g/mol. The number of benzene rings is 1. The van der Waals surface area contributed by atoms with Crippen LogP contribution in [-0.4, -0.2) is 17.1 Å². The Labute approximate surface area is 118 Å². The molecular formula is C14H19ClN2O2. The third-order valence-electron chi connectivity index (χ3n) is 3.02. The molecule has 4 nitrogen and oxygen atoms in total. The molecule has 2 aromatic rings. The van der Waals surface area contributed by atoms with E-state index in [0.29, 0.717) is 6.61 Å². The zero-order chi connectivity index (χ0) is 13.1. The van der Waals surface area contributed by atoms with Crippen molar-refractivity contribution in [1.29, 1.82) is 0 Å². The van der Waals surface area contributed by atoms with Crippen molar-refractivity contribution < 1.29 is 9.53 Å². The molecule has 1 atom stereocenters. The predicted molar refractivity (Wildman–Crippen MR) is 78.3 cm³/mol. The first-order valence-corrected chi connectivity index (χ1v) is 6.08. The number of hydrogen-bond donors (Lipinski definition) is 1. The van der Waals surface area contributed by atoms with E-state index < -0.39 is 0 Å². The number of nitrogens with two attached hydrogens (primary N) is 1. The summed E-state index contributed by atoms with van der Waals surface area (Å²) in [6.45, 7) is 2.18. The summed E-state index contributed by atoms with van der Waals surface area (Å²) < 4.78 is 6.95. The van der Waals surface area contributed by atoms with Crippen LogP contribution >= 0.6 is 12.4 Å². The largest absolute Gasteiger partial charge is 0.466 e. The molecule has 0 amide bonds. The van der Waals surface area contributed by atoms with E-state index in [4.69, 9.17) is 10.5 Å². The van der Waals surface area contributed by atoms with Crippen molar-refractivity contribution in [1.82, 2.24) is 4.57 Å².